The van der Waals surface area contributed by atoms with Gasteiger partial charge in [-0.3, -0.25) is 24.2 Å². The van der Waals surface area contributed by atoms with Gasteiger partial charge in [0.25, 0.3) is 0 Å². The van der Waals surface area contributed by atoms with E-state index in [1.165, 1.54) is 10.5 Å². The number of imide groups is 1. The first kappa shape index (κ1) is 19.8. The summed E-state index contributed by atoms with van der Waals surface area (Å²) in [6, 6.07) is 10.2. The van der Waals surface area contributed by atoms with Gasteiger partial charge in [-0.2, -0.15) is 0 Å². The van der Waals surface area contributed by atoms with E-state index < -0.39 is 0 Å². The third-order valence-electron chi connectivity index (χ3n) is 6.42. The first-order valence-corrected chi connectivity index (χ1v) is 10.7. The molecule has 1 aromatic rings. The zero-order valence-corrected chi connectivity index (χ0v) is 16.8. The Labute approximate surface area is 172 Å². The summed E-state index contributed by atoms with van der Waals surface area (Å²) in [7, 11) is 0. The lowest BCUT2D eigenvalue weighted by Crippen LogP contribution is -2.51. The second kappa shape index (κ2) is 8.91. The fourth-order valence-corrected chi connectivity index (χ4v) is 4.70. The molecule has 154 valence electrons. The maximum Gasteiger partial charge on any atom is 0.242 e. The van der Waals surface area contributed by atoms with Crippen molar-refractivity contribution in [3.63, 3.8) is 0 Å². The average molecular weight is 396 g/mol. The second-order valence-electron chi connectivity index (χ2n) is 8.25. The first-order chi connectivity index (χ1) is 14.1. The van der Waals surface area contributed by atoms with Crippen LogP contribution in [0.1, 0.15) is 31.2 Å². The zero-order valence-electron chi connectivity index (χ0n) is 16.8. The number of nitrogens with zero attached hydrogens (tertiary/aromatic N) is 3. The molecule has 3 aliphatic rings. The molecule has 2 saturated heterocycles. The topological polar surface area (TPSA) is 60.9 Å². The van der Waals surface area contributed by atoms with Crippen molar-refractivity contribution in [1.82, 2.24) is 14.7 Å². The molecule has 1 aromatic carbocycles. The lowest BCUT2D eigenvalue weighted by atomic mass is 9.81. The summed E-state index contributed by atoms with van der Waals surface area (Å²) < 4.78 is 0. The highest BCUT2D eigenvalue weighted by Gasteiger charge is 2.48. The quantitative estimate of drug-likeness (QED) is 0.716. The first-order valence-electron chi connectivity index (χ1n) is 10.7. The number of fused-ring (bicyclic) bond motifs is 1. The lowest BCUT2D eigenvalue weighted by Gasteiger charge is -2.34. The van der Waals surface area contributed by atoms with Gasteiger partial charge in [-0.1, -0.05) is 55.3 Å². The van der Waals surface area contributed by atoms with Crippen LogP contribution in [0.5, 0.6) is 0 Å². The number of carbonyl (C=O) groups is 3. The molecule has 0 spiro atoms. The molecule has 29 heavy (non-hydrogen) atoms. The highest BCUT2D eigenvalue weighted by molar-refractivity contribution is 6.07. The molecule has 2 unspecified atom stereocenters. The molecule has 4 rings (SSSR count). The van der Waals surface area contributed by atoms with Crippen LogP contribution in [0.15, 0.2) is 36.4 Å². The molecule has 1 aliphatic carbocycles. The summed E-state index contributed by atoms with van der Waals surface area (Å²) in [6.07, 6.45) is 7.84. The number of rotatable bonds is 5. The summed E-state index contributed by atoms with van der Waals surface area (Å²) >= 11 is 0. The summed E-state index contributed by atoms with van der Waals surface area (Å²) in [5.74, 6) is -0.727. The molecule has 2 atom stereocenters. The van der Waals surface area contributed by atoms with Crippen LogP contribution in [-0.2, 0) is 14.4 Å². The normalized spacial score (nSPS) is 25.7. The molecule has 3 fully saturated rings. The standard InChI is InChI=1S/C23H29N3O3/c27-21(17-26-22(28)19-10-4-5-11-20(19)23(26)29)25-15-13-24(14-16-25)12-6-9-18-7-2-1-3-8-18/h1-3,6-9,19-20H,4-5,10-17H2/b9-6+. The third-order valence-corrected chi connectivity index (χ3v) is 6.42. The average Bonchev–Trinajstić information content (AvgIpc) is 3.00. The number of carbonyl (C=O) groups excluding carboxylic acids is 3. The van der Waals surface area contributed by atoms with Gasteiger partial charge in [0.2, 0.25) is 17.7 Å². The van der Waals surface area contributed by atoms with Crippen LogP contribution in [0.25, 0.3) is 6.08 Å². The number of likely N-dealkylation sites (tertiary alicyclic amines) is 1. The molecule has 0 radical (unpaired) electrons. The molecular weight excluding hydrogens is 366 g/mol. The van der Waals surface area contributed by atoms with Gasteiger partial charge in [0.1, 0.15) is 6.54 Å². The van der Waals surface area contributed by atoms with E-state index in [0.29, 0.717) is 13.1 Å². The fraction of sp³-hybridized carbons (Fsp3) is 0.522. The van der Waals surface area contributed by atoms with Gasteiger partial charge in [-0.15, -0.1) is 0 Å². The van der Waals surface area contributed by atoms with Crippen LogP contribution < -0.4 is 0 Å². The number of piperazine rings is 1. The van der Waals surface area contributed by atoms with Gasteiger partial charge in [-0.25, -0.2) is 0 Å². The van der Waals surface area contributed by atoms with Crippen molar-refractivity contribution < 1.29 is 14.4 Å². The van der Waals surface area contributed by atoms with Crippen LogP contribution >= 0.6 is 0 Å². The molecule has 0 N–H and O–H groups in total. The van der Waals surface area contributed by atoms with E-state index in [1.807, 2.05) is 18.2 Å². The second-order valence-corrected chi connectivity index (χ2v) is 8.25. The van der Waals surface area contributed by atoms with E-state index in [9.17, 15) is 14.4 Å². The Balaban J connectivity index is 1.24. The smallest absolute Gasteiger partial charge is 0.242 e. The van der Waals surface area contributed by atoms with Crippen LogP contribution in [0.3, 0.4) is 0 Å². The Morgan fingerprint density at radius 3 is 2.17 bits per heavy atom. The maximum atomic E-state index is 12.7. The molecule has 2 aliphatic heterocycles. The van der Waals surface area contributed by atoms with Crippen molar-refractivity contribution >= 4 is 23.8 Å². The molecule has 2 heterocycles. The van der Waals surface area contributed by atoms with E-state index >= 15 is 0 Å². The summed E-state index contributed by atoms with van der Waals surface area (Å²) in [4.78, 5) is 43.2. The Bertz CT molecular complexity index is 760. The molecule has 6 nitrogen and oxygen atoms in total. The molecule has 0 aromatic heterocycles. The van der Waals surface area contributed by atoms with Gasteiger partial charge in [0, 0.05) is 32.7 Å². The molecule has 6 heteroatoms. The molecule has 3 amide bonds. The predicted molar refractivity (Wildman–Crippen MR) is 111 cm³/mol. The van der Waals surface area contributed by atoms with Crippen LogP contribution in [-0.4, -0.2) is 71.7 Å². The number of hydrogen-bond acceptors (Lipinski definition) is 4. The Hall–Kier alpha value is -2.47. The van der Waals surface area contributed by atoms with Crippen molar-refractivity contribution in [2.24, 2.45) is 11.8 Å². The minimum atomic E-state index is -0.183. The van der Waals surface area contributed by atoms with E-state index in [-0.39, 0.29) is 36.1 Å². The monoisotopic (exact) mass is 395 g/mol. The van der Waals surface area contributed by atoms with Crippen LogP contribution in [0.4, 0.5) is 0 Å². The van der Waals surface area contributed by atoms with Gasteiger partial charge in [-0.05, 0) is 18.4 Å². The van der Waals surface area contributed by atoms with Crippen molar-refractivity contribution in [2.75, 3.05) is 39.3 Å². The maximum absolute atomic E-state index is 12.7. The molecule has 0 bridgehead atoms. The van der Waals surface area contributed by atoms with Crippen molar-refractivity contribution in [1.29, 1.82) is 0 Å². The number of hydrogen-bond donors (Lipinski definition) is 0. The third kappa shape index (κ3) is 4.42. The minimum Gasteiger partial charge on any atom is -0.339 e. The van der Waals surface area contributed by atoms with E-state index in [1.54, 1.807) is 4.90 Å². The predicted octanol–water partition coefficient (Wildman–Crippen LogP) is 2.02. The largest absolute Gasteiger partial charge is 0.339 e. The Morgan fingerprint density at radius 2 is 1.55 bits per heavy atom. The van der Waals surface area contributed by atoms with Crippen LogP contribution in [0.2, 0.25) is 0 Å². The summed E-state index contributed by atoms with van der Waals surface area (Å²) in [6.45, 7) is 3.65. The summed E-state index contributed by atoms with van der Waals surface area (Å²) in [5, 5.41) is 0. The zero-order chi connectivity index (χ0) is 20.2. The summed E-state index contributed by atoms with van der Waals surface area (Å²) in [5.41, 5.74) is 1.18. The SMILES string of the molecule is O=C(CN1C(=O)C2CCCCC2C1=O)N1CCN(C/C=C/c2ccccc2)CC1. The number of benzene rings is 1. The Kier molecular flexibility index (Phi) is 6.09. The van der Waals surface area contributed by atoms with E-state index in [4.69, 9.17) is 0 Å². The molecule has 1 saturated carbocycles. The molecular formula is C23H29N3O3. The van der Waals surface area contributed by atoms with Gasteiger partial charge in [0.05, 0.1) is 11.8 Å². The van der Waals surface area contributed by atoms with Gasteiger partial charge >= 0.3 is 0 Å². The minimum absolute atomic E-state index is 0.0847. The lowest BCUT2D eigenvalue weighted by molar-refractivity contribution is -0.147. The van der Waals surface area contributed by atoms with Gasteiger partial charge in [0.15, 0.2) is 0 Å². The van der Waals surface area contributed by atoms with Crippen molar-refractivity contribution in [3.8, 4) is 0 Å². The highest BCUT2D eigenvalue weighted by atomic mass is 16.2. The van der Waals surface area contributed by atoms with Crippen molar-refractivity contribution in [3.05, 3.63) is 42.0 Å². The van der Waals surface area contributed by atoms with Gasteiger partial charge < -0.3 is 4.90 Å². The van der Waals surface area contributed by atoms with E-state index in [0.717, 1.165) is 45.3 Å². The highest BCUT2D eigenvalue weighted by Crippen LogP contribution is 2.37. The van der Waals surface area contributed by atoms with Crippen molar-refractivity contribution in [2.45, 2.75) is 25.7 Å². The van der Waals surface area contributed by atoms with E-state index in [2.05, 4.69) is 29.2 Å². The Morgan fingerprint density at radius 1 is 0.931 bits per heavy atom. The number of amides is 3. The fourth-order valence-electron chi connectivity index (χ4n) is 4.70. The van der Waals surface area contributed by atoms with Crippen LogP contribution in [0, 0.1) is 11.8 Å².